The minimum Gasteiger partial charge on any atom is -0.466 e. The van der Waals surface area contributed by atoms with Gasteiger partial charge in [0, 0.05) is 37.5 Å². The summed E-state index contributed by atoms with van der Waals surface area (Å²) < 4.78 is 44.6. The highest BCUT2D eigenvalue weighted by Crippen LogP contribution is 2.57. The molecule has 10 heteroatoms. The number of likely N-dealkylation sites (tertiary alicyclic amines) is 2. The molecule has 2 aromatic carbocycles. The van der Waals surface area contributed by atoms with Crippen molar-refractivity contribution in [1.82, 2.24) is 9.80 Å². The normalized spacial score (nSPS) is 26.3. The van der Waals surface area contributed by atoms with E-state index >= 15 is 0 Å². The van der Waals surface area contributed by atoms with Gasteiger partial charge in [0.05, 0.1) is 30.6 Å². The lowest BCUT2D eigenvalue weighted by Gasteiger charge is -2.26. The Morgan fingerprint density at radius 1 is 0.739 bits per heavy atom. The summed E-state index contributed by atoms with van der Waals surface area (Å²) in [5.74, 6) is -1.26. The van der Waals surface area contributed by atoms with Crippen molar-refractivity contribution in [2.45, 2.75) is 71.4 Å². The first-order valence-corrected chi connectivity index (χ1v) is 16.5. The Morgan fingerprint density at radius 3 is 1.76 bits per heavy atom. The van der Waals surface area contributed by atoms with Crippen molar-refractivity contribution in [2.75, 3.05) is 39.4 Å². The van der Waals surface area contributed by atoms with Crippen LogP contribution in [0.3, 0.4) is 0 Å². The van der Waals surface area contributed by atoms with Crippen LogP contribution in [0, 0.1) is 22.7 Å². The second-order valence-electron chi connectivity index (χ2n) is 13.0. The maximum Gasteiger partial charge on any atom is 0.410 e. The van der Waals surface area contributed by atoms with Crippen LogP contribution in [0.5, 0.6) is 0 Å². The van der Waals surface area contributed by atoms with E-state index in [1.807, 2.05) is 48.5 Å². The number of carbonyl (C=O) groups excluding carboxylic acids is 3. The molecule has 0 radical (unpaired) electrons. The Morgan fingerprint density at radius 2 is 1.24 bits per heavy atom. The number of halogens is 2. The van der Waals surface area contributed by atoms with Crippen molar-refractivity contribution in [3.8, 4) is 0 Å². The predicted molar refractivity (Wildman–Crippen MR) is 168 cm³/mol. The summed E-state index contributed by atoms with van der Waals surface area (Å²) in [7, 11) is 0. The zero-order valence-corrected chi connectivity index (χ0v) is 27.0. The summed E-state index contributed by atoms with van der Waals surface area (Å²) in [4.78, 5) is 40.0. The Hall–Kier alpha value is -3.53. The Balaban J connectivity index is 0.000000182. The summed E-state index contributed by atoms with van der Waals surface area (Å²) in [6.07, 6.45) is 0.0886. The van der Waals surface area contributed by atoms with Gasteiger partial charge in [0.15, 0.2) is 0 Å². The quantitative estimate of drug-likeness (QED) is 0.223. The molecule has 0 spiro atoms. The lowest BCUT2D eigenvalue weighted by molar-refractivity contribution is -0.153. The number of esters is 2. The number of carbonyl (C=O) groups is 3. The minimum absolute atomic E-state index is 0.0283. The van der Waals surface area contributed by atoms with Gasteiger partial charge in [-0.3, -0.25) is 14.5 Å². The predicted octanol–water partition coefficient (Wildman–Crippen LogP) is 6.30. The topological polar surface area (TPSA) is 85.4 Å². The molecule has 6 rings (SSSR count). The smallest absolute Gasteiger partial charge is 0.410 e. The number of ether oxygens (including phenoxy) is 3. The number of alkyl halides is 2. The van der Waals surface area contributed by atoms with Gasteiger partial charge in [0.1, 0.15) is 19.0 Å². The molecule has 4 fully saturated rings. The first kappa shape index (κ1) is 33.8. The second-order valence-corrected chi connectivity index (χ2v) is 13.0. The third-order valence-electron chi connectivity index (χ3n) is 10.2. The molecule has 8 nitrogen and oxygen atoms in total. The lowest BCUT2D eigenvalue weighted by Crippen LogP contribution is -2.34. The molecule has 5 atom stereocenters. The van der Waals surface area contributed by atoms with Gasteiger partial charge in [-0.05, 0) is 57.6 Å². The molecule has 46 heavy (non-hydrogen) atoms. The standard InChI is InChI=1S/C18H22FNO4.C18H24FNO2/c1-2-23-16(21)18(8-9-18)14-10-20(11-15(14)19)17(22)24-12-13-6-4-3-5-7-13;1-3-22-17(21)18(9-10-18)15-11-20(12-16(15)19)13(2)14-7-5-4-6-8-14/h3-7,14-15H,2,8-12H2,1H3;4-8,13,15-16H,3,9-12H2,1-2H3/t14-,15+;13-,15-,16+/m00/s1. The second kappa shape index (κ2) is 14.5. The van der Waals surface area contributed by atoms with Gasteiger partial charge in [0.25, 0.3) is 0 Å². The van der Waals surface area contributed by atoms with E-state index in [0.717, 1.165) is 18.4 Å². The highest BCUT2D eigenvalue weighted by Gasteiger charge is 2.62. The van der Waals surface area contributed by atoms with Gasteiger partial charge in [-0.25, -0.2) is 13.6 Å². The number of amides is 1. The van der Waals surface area contributed by atoms with E-state index in [-0.39, 0.29) is 50.2 Å². The van der Waals surface area contributed by atoms with Crippen LogP contribution in [0.25, 0.3) is 0 Å². The summed E-state index contributed by atoms with van der Waals surface area (Å²) in [6.45, 7) is 7.67. The highest BCUT2D eigenvalue weighted by molar-refractivity contribution is 5.81. The Bertz CT molecular complexity index is 1340. The molecule has 2 saturated heterocycles. The molecule has 4 aliphatic rings. The Kier molecular flexibility index (Phi) is 10.7. The van der Waals surface area contributed by atoms with Gasteiger partial charge < -0.3 is 19.1 Å². The fourth-order valence-electron chi connectivity index (χ4n) is 7.09. The van der Waals surface area contributed by atoms with E-state index in [4.69, 9.17) is 14.2 Å². The van der Waals surface area contributed by atoms with Gasteiger partial charge in [-0.2, -0.15) is 0 Å². The fraction of sp³-hybridized carbons (Fsp3) is 0.583. The maximum absolute atomic E-state index is 14.6. The van der Waals surface area contributed by atoms with Crippen LogP contribution in [-0.4, -0.2) is 79.6 Å². The molecule has 0 bridgehead atoms. The van der Waals surface area contributed by atoms with E-state index in [1.165, 1.54) is 10.5 Å². The van der Waals surface area contributed by atoms with E-state index in [1.54, 1.807) is 13.8 Å². The summed E-state index contributed by atoms with van der Waals surface area (Å²) in [6, 6.07) is 19.6. The largest absolute Gasteiger partial charge is 0.466 e. The molecule has 2 heterocycles. The zero-order chi connectivity index (χ0) is 32.9. The number of benzene rings is 2. The SMILES string of the molecule is CCOC(=O)C1([C@H]2CN(C(=O)OCc3ccccc3)C[C@H]2F)CC1.CCOC(=O)C1([C@H]2CN([C@@H](C)c3ccccc3)C[C@H]2F)CC1. The van der Waals surface area contributed by atoms with Crippen LogP contribution in [0.15, 0.2) is 60.7 Å². The van der Waals surface area contributed by atoms with Crippen LogP contribution in [-0.2, 0) is 30.4 Å². The molecule has 0 aromatic heterocycles. The summed E-state index contributed by atoms with van der Waals surface area (Å²) >= 11 is 0. The molecule has 1 amide bonds. The van der Waals surface area contributed by atoms with E-state index in [0.29, 0.717) is 32.5 Å². The number of hydrogen-bond acceptors (Lipinski definition) is 7. The van der Waals surface area contributed by atoms with Crippen molar-refractivity contribution in [3.63, 3.8) is 0 Å². The molecular weight excluding hydrogens is 594 g/mol. The first-order valence-electron chi connectivity index (χ1n) is 16.5. The molecule has 2 aliphatic carbocycles. The van der Waals surface area contributed by atoms with Crippen LogP contribution >= 0.6 is 0 Å². The van der Waals surface area contributed by atoms with Crippen molar-refractivity contribution >= 4 is 18.0 Å². The highest BCUT2D eigenvalue weighted by atomic mass is 19.1. The van der Waals surface area contributed by atoms with Crippen molar-refractivity contribution < 1.29 is 37.4 Å². The molecular formula is C36H46F2N2O6. The summed E-state index contributed by atoms with van der Waals surface area (Å²) in [5.41, 5.74) is 0.768. The number of hydrogen-bond donors (Lipinski definition) is 0. The molecule has 2 aliphatic heterocycles. The van der Waals surface area contributed by atoms with Crippen LogP contribution in [0.2, 0.25) is 0 Å². The van der Waals surface area contributed by atoms with E-state index in [9.17, 15) is 23.2 Å². The van der Waals surface area contributed by atoms with Gasteiger partial charge in [-0.15, -0.1) is 0 Å². The van der Waals surface area contributed by atoms with Crippen molar-refractivity contribution in [3.05, 3.63) is 71.8 Å². The minimum atomic E-state index is -1.22. The summed E-state index contributed by atoms with van der Waals surface area (Å²) in [5, 5.41) is 0. The fourth-order valence-corrected chi connectivity index (χ4v) is 7.09. The average molecular weight is 641 g/mol. The molecule has 250 valence electrons. The van der Waals surface area contributed by atoms with E-state index in [2.05, 4.69) is 24.0 Å². The monoisotopic (exact) mass is 640 g/mol. The van der Waals surface area contributed by atoms with Gasteiger partial charge >= 0.3 is 18.0 Å². The average Bonchev–Trinajstić information content (AvgIpc) is 3.98. The molecule has 2 aromatic rings. The van der Waals surface area contributed by atoms with Gasteiger partial charge in [-0.1, -0.05) is 60.7 Å². The third-order valence-corrected chi connectivity index (χ3v) is 10.2. The van der Waals surface area contributed by atoms with E-state index < -0.39 is 35.2 Å². The molecule has 0 unspecified atom stereocenters. The van der Waals surface area contributed by atoms with Crippen LogP contribution in [0.4, 0.5) is 13.6 Å². The third kappa shape index (κ3) is 7.22. The van der Waals surface area contributed by atoms with Crippen molar-refractivity contribution in [2.24, 2.45) is 22.7 Å². The van der Waals surface area contributed by atoms with Gasteiger partial charge in [0.2, 0.25) is 0 Å². The van der Waals surface area contributed by atoms with Crippen LogP contribution < -0.4 is 0 Å². The zero-order valence-electron chi connectivity index (χ0n) is 27.0. The lowest BCUT2D eigenvalue weighted by atomic mass is 9.87. The molecule has 2 saturated carbocycles. The van der Waals surface area contributed by atoms with Crippen LogP contribution in [0.1, 0.15) is 63.6 Å². The number of rotatable bonds is 10. The first-order chi connectivity index (χ1) is 22.1. The molecule has 0 N–H and O–H groups in total. The van der Waals surface area contributed by atoms with Crippen molar-refractivity contribution in [1.29, 1.82) is 0 Å². The number of nitrogens with zero attached hydrogens (tertiary/aromatic N) is 2. The maximum atomic E-state index is 14.6. The Labute approximate surface area is 270 Å².